The number of hydrogen-bond donors (Lipinski definition) is 3. The van der Waals surface area contributed by atoms with E-state index in [9.17, 15) is 9.90 Å². The molecule has 0 spiro atoms. The largest absolute Gasteiger partial charge is 0.508 e. The first-order valence-corrected chi connectivity index (χ1v) is 8.10. The third-order valence-electron chi connectivity index (χ3n) is 4.79. The van der Waals surface area contributed by atoms with Crippen molar-refractivity contribution in [2.75, 3.05) is 5.73 Å². The second kappa shape index (κ2) is 5.26. The molecular weight excluding hydrogens is 332 g/mol. The molecule has 0 atom stereocenters. The lowest BCUT2D eigenvalue weighted by Crippen LogP contribution is -2.14. The summed E-state index contributed by atoms with van der Waals surface area (Å²) in [6.45, 7) is 5.52. The van der Waals surface area contributed by atoms with Crippen LogP contribution < -0.4 is 11.5 Å². The van der Waals surface area contributed by atoms with Crippen LogP contribution in [0.3, 0.4) is 0 Å². The Morgan fingerprint density at radius 3 is 2.65 bits per heavy atom. The van der Waals surface area contributed by atoms with Gasteiger partial charge in [-0.15, -0.1) is 0 Å². The molecule has 0 bridgehead atoms. The highest BCUT2D eigenvalue weighted by molar-refractivity contribution is 6.19. The van der Waals surface area contributed by atoms with Crippen molar-refractivity contribution in [1.29, 1.82) is 0 Å². The van der Waals surface area contributed by atoms with Crippen molar-refractivity contribution in [3.05, 3.63) is 46.8 Å². The van der Waals surface area contributed by atoms with Gasteiger partial charge in [-0.1, -0.05) is 6.07 Å². The van der Waals surface area contributed by atoms with E-state index in [1.54, 1.807) is 36.0 Å². The Balaban J connectivity index is 2.29. The number of anilines is 1. The van der Waals surface area contributed by atoms with Crippen molar-refractivity contribution in [1.82, 2.24) is 9.55 Å². The fourth-order valence-electron chi connectivity index (χ4n) is 3.58. The maximum atomic E-state index is 12.2. The summed E-state index contributed by atoms with van der Waals surface area (Å²) in [4.78, 5) is 16.8. The smallest absolute Gasteiger partial charge is 0.253 e. The lowest BCUT2D eigenvalue weighted by Gasteiger charge is -2.15. The molecule has 1 amide bonds. The van der Waals surface area contributed by atoms with Crippen molar-refractivity contribution in [2.24, 2.45) is 5.73 Å². The highest BCUT2D eigenvalue weighted by atomic mass is 16.3. The lowest BCUT2D eigenvalue weighted by atomic mass is 10.1. The summed E-state index contributed by atoms with van der Waals surface area (Å²) < 4.78 is 7.19. The number of nitrogens with two attached hydrogens (primary N) is 2. The Hall–Kier alpha value is -3.48. The number of nitrogen functional groups attached to an aromatic ring is 1. The third kappa shape index (κ3) is 1.94. The molecule has 0 fully saturated rings. The predicted octanol–water partition coefficient (Wildman–Crippen LogP) is 3.08. The highest BCUT2D eigenvalue weighted by Crippen LogP contribution is 2.39. The number of aryl methyl sites for hydroxylation is 2. The average molecular weight is 350 g/mol. The second-order valence-electron chi connectivity index (χ2n) is 6.39. The quantitative estimate of drug-likeness (QED) is 0.513. The first-order valence-electron chi connectivity index (χ1n) is 8.10. The molecule has 7 heteroatoms. The molecule has 4 rings (SSSR count). The lowest BCUT2D eigenvalue weighted by molar-refractivity contribution is 0.100. The van der Waals surface area contributed by atoms with Gasteiger partial charge in [-0.2, -0.15) is 0 Å². The van der Waals surface area contributed by atoms with E-state index in [4.69, 9.17) is 15.9 Å². The SMILES string of the molecule is Cc1ccc(O)c(C)c1-n1c(N)c(C(N)=O)c2c3ccoc3c(C)nc21. The Morgan fingerprint density at radius 2 is 1.96 bits per heavy atom. The minimum atomic E-state index is -0.644. The van der Waals surface area contributed by atoms with Crippen molar-refractivity contribution in [3.63, 3.8) is 0 Å². The Labute approximate surface area is 148 Å². The number of benzene rings is 1. The van der Waals surface area contributed by atoms with E-state index in [0.29, 0.717) is 33.6 Å². The molecule has 0 aliphatic rings. The third-order valence-corrected chi connectivity index (χ3v) is 4.79. The number of phenolic OH excluding ortho intramolecular Hbond substituents is 1. The van der Waals surface area contributed by atoms with Crippen LogP contribution >= 0.6 is 0 Å². The number of aromatic hydroxyl groups is 1. The van der Waals surface area contributed by atoms with Gasteiger partial charge in [0.15, 0.2) is 5.58 Å². The number of pyridine rings is 1. The molecule has 0 unspecified atom stereocenters. The minimum absolute atomic E-state index is 0.133. The Bertz CT molecular complexity index is 1220. The number of rotatable bonds is 2. The molecule has 4 aromatic rings. The average Bonchev–Trinajstić information content (AvgIpc) is 3.16. The molecule has 5 N–H and O–H groups in total. The number of amides is 1. The molecule has 0 radical (unpaired) electrons. The summed E-state index contributed by atoms with van der Waals surface area (Å²) in [5.41, 5.74) is 16.1. The zero-order valence-corrected chi connectivity index (χ0v) is 14.6. The van der Waals surface area contributed by atoms with Gasteiger partial charge in [-0.3, -0.25) is 9.36 Å². The van der Waals surface area contributed by atoms with Gasteiger partial charge in [0.1, 0.15) is 17.2 Å². The molecule has 0 saturated carbocycles. The van der Waals surface area contributed by atoms with Gasteiger partial charge in [-0.25, -0.2) is 4.98 Å². The van der Waals surface area contributed by atoms with E-state index in [1.807, 2.05) is 13.8 Å². The van der Waals surface area contributed by atoms with Gasteiger partial charge in [-0.05, 0) is 38.5 Å². The summed E-state index contributed by atoms with van der Waals surface area (Å²) >= 11 is 0. The number of hydrogen-bond acceptors (Lipinski definition) is 5. The van der Waals surface area contributed by atoms with Crippen LogP contribution in [-0.2, 0) is 0 Å². The van der Waals surface area contributed by atoms with Gasteiger partial charge < -0.3 is 21.0 Å². The summed E-state index contributed by atoms with van der Waals surface area (Å²) in [6, 6.07) is 5.18. The topological polar surface area (TPSA) is 120 Å². The number of phenols is 1. The molecular formula is C19H18N4O3. The zero-order chi connectivity index (χ0) is 18.7. The second-order valence-corrected chi connectivity index (χ2v) is 6.39. The maximum Gasteiger partial charge on any atom is 0.253 e. The number of fused-ring (bicyclic) bond motifs is 3. The highest BCUT2D eigenvalue weighted by Gasteiger charge is 2.26. The molecule has 0 aliphatic heterocycles. The number of carbonyl (C=O) groups excluding carboxylic acids is 1. The number of furan rings is 1. The fraction of sp³-hybridized carbons (Fsp3) is 0.158. The normalized spacial score (nSPS) is 11.5. The Kier molecular flexibility index (Phi) is 3.24. The van der Waals surface area contributed by atoms with Crippen molar-refractivity contribution in [3.8, 4) is 11.4 Å². The van der Waals surface area contributed by atoms with E-state index >= 15 is 0 Å². The zero-order valence-electron chi connectivity index (χ0n) is 14.6. The molecule has 3 heterocycles. The van der Waals surface area contributed by atoms with Crippen LogP contribution in [0.1, 0.15) is 27.2 Å². The standard InChI is InChI=1S/C19H18N4O3/c1-8-4-5-12(24)9(2)15(8)23-17(20)14(18(21)25)13-11-6-7-26-16(11)10(3)22-19(13)23/h4-7,24H,20H2,1-3H3,(H2,21,25). The van der Waals surface area contributed by atoms with Crippen LogP contribution in [0, 0.1) is 20.8 Å². The summed E-state index contributed by atoms with van der Waals surface area (Å²) in [7, 11) is 0. The summed E-state index contributed by atoms with van der Waals surface area (Å²) in [5, 5.41) is 11.4. The molecule has 0 aliphatic carbocycles. The monoisotopic (exact) mass is 350 g/mol. The fourth-order valence-corrected chi connectivity index (χ4v) is 3.58. The van der Waals surface area contributed by atoms with Gasteiger partial charge in [0.25, 0.3) is 5.91 Å². The summed E-state index contributed by atoms with van der Waals surface area (Å²) in [6.07, 6.45) is 1.54. The van der Waals surface area contributed by atoms with Crippen LogP contribution in [0.2, 0.25) is 0 Å². The molecule has 1 aromatic carbocycles. The number of nitrogens with zero attached hydrogens (tertiary/aromatic N) is 2. The van der Waals surface area contributed by atoms with E-state index in [-0.39, 0.29) is 17.1 Å². The molecule has 7 nitrogen and oxygen atoms in total. The van der Waals surface area contributed by atoms with Crippen LogP contribution in [0.5, 0.6) is 5.75 Å². The van der Waals surface area contributed by atoms with E-state index in [1.165, 1.54) is 0 Å². The molecule has 3 aromatic heterocycles. The van der Waals surface area contributed by atoms with Gasteiger partial charge in [0, 0.05) is 16.3 Å². The number of carbonyl (C=O) groups is 1. The van der Waals surface area contributed by atoms with E-state index < -0.39 is 5.91 Å². The Morgan fingerprint density at radius 1 is 1.23 bits per heavy atom. The van der Waals surface area contributed by atoms with Crippen LogP contribution in [0.15, 0.2) is 28.9 Å². The van der Waals surface area contributed by atoms with Crippen molar-refractivity contribution < 1.29 is 14.3 Å². The first kappa shape index (κ1) is 16.0. The molecule has 132 valence electrons. The van der Waals surface area contributed by atoms with Crippen LogP contribution in [0.4, 0.5) is 5.82 Å². The molecule has 26 heavy (non-hydrogen) atoms. The molecule has 0 saturated heterocycles. The van der Waals surface area contributed by atoms with Crippen LogP contribution in [0.25, 0.3) is 27.7 Å². The van der Waals surface area contributed by atoms with Gasteiger partial charge >= 0.3 is 0 Å². The van der Waals surface area contributed by atoms with Gasteiger partial charge in [0.05, 0.1) is 23.2 Å². The minimum Gasteiger partial charge on any atom is -0.508 e. The number of primary amides is 1. The van der Waals surface area contributed by atoms with E-state index in [0.717, 1.165) is 10.9 Å². The summed E-state index contributed by atoms with van der Waals surface area (Å²) in [5.74, 6) is -0.326. The van der Waals surface area contributed by atoms with E-state index in [2.05, 4.69) is 4.98 Å². The van der Waals surface area contributed by atoms with Crippen molar-refractivity contribution in [2.45, 2.75) is 20.8 Å². The first-order chi connectivity index (χ1) is 12.3. The number of aromatic nitrogens is 2. The predicted molar refractivity (Wildman–Crippen MR) is 99.6 cm³/mol. The van der Waals surface area contributed by atoms with Crippen molar-refractivity contribution >= 4 is 33.7 Å². The maximum absolute atomic E-state index is 12.2. The van der Waals surface area contributed by atoms with Gasteiger partial charge in [0.2, 0.25) is 0 Å². The van der Waals surface area contributed by atoms with Crippen LogP contribution in [-0.4, -0.2) is 20.6 Å².